The van der Waals surface area contributed by atoms with Crippen molar-refractivity contribution in [3.05, 3.63) is 30.1 Å². The van der Waals surface area contributed by atoms with Crippen molar-refractivity contribution in [2.45, 2.75) is 50.6 Å². The van der Waals surface area contributed by atoms with Crippen molar-refractivity contribution in [3.63, 3.8) is 0 Å². The number of sulfonamides is 1. The lowest BCUT2D eigenvalue weighted by Crippen LogP contribution is -2.47. The second-order valence-electron chi connectivity index (χ2n) is 5.00. The fraction of sp³-hybridized carbons (Fsp3) is 0.500. The number of halogens is 1. The van der Waals surface area contributed by atoms with Crippen LogP contribution in [-0.2, 0) is 14.8 Å². The first-order chi connectivity index (χ1) is 9.76. The van der Waals surface area contributed by atoms with Crippen molar-refractivity contribution in [2.75, 3.05) is 0 Å². The van der Waals surface area contributed by atoms with Crippen LogP contribution in [0.5, 0.6) is 0 Å². The van der Waals surface area contributed by atoms with Crippen LogP contribution in [0.15, 0.2) is 29.2 Å². The van der Waals surface area contributed by atoms with Crippen LogP contribution in [0.1, 0.15) is 33.6 Å². The van der Waals surface area contributed by atoms with Crippen LogP contribution >= 0.6 is 0 Å². The molecule has 0 aliphatic rings. The van der Waals surface area contributed by atoms with Gasteiger partial charge in [-0.2, -0.15) is 4.72 Å². The molecule has 5 nitrogen and oxygen atoms in total. The zero-order chi connectivity index (χ0) is 16.0. The van der Waals surface area contributed by atoms with Gasteiger partial charge in [-0.05, 0) is 44.5 Å². The van der Waals surface area contributed by atoms with E-state index in [4.69, 9.17) is 0 Å². The molecule has 0 spiro atoms. The Kier molecular flexibility index (Phi) is 6.29. The van der Waals surface area contributed by atoms with Gasteiger partial charge in [0.2, 0.25) is 15.9 Å². The molecule has 0 fully saturated rings. The van der Waals surface area contributed by atoms with Crippen LogP contribution < -0.4 is 10.0 Å². The van der Waals surface area contributed by atoms with Crippen LogP contribution in [0.25, 0.3) is 0 Å². The Balaban J connectivity index is 2.70. The summed E-state index contributed by atoms with van der Waals surface area (Å²) in [5, 5.41) is 2.74. The summed E-state index contributed by atoms with van der Waals surface area (Å²) in [6, 6.07) is 3.51. The average molecular weight is 316 g/mol. The third kappa shape index (κ3) is 5.43. The molecule has 0 saturated heterocycles. The summed E-state index contributed by atoms with van der Waals surface area (Å²) in [4.78, 5) is 11.8. The van der Waals surface area contributed by atoms with Gasteiger partial charge in [-0.3, -0.25) is 4.79 Å². The lowest BCUT2D eigenvalue weighted by Gasteiger charge is -2.18. The van der Waals surface area contributed by atoms with E-state index in [9.17, 15) is 17.6 Å². The largest absolute Gasteiger partial charge is 0.352 e. The molecule has 0 unspecified atom stereocenters. The molecule has 1 rings (SSSR count). The fourth-order valence-corrected chi connectivity index (χ4v) is 3.04. The highest BCUT2D eigenvalue weighted by Crippen LogP contribution is 2.10. The molecular formula is C14H21FN2O3S. The zero-order valence-corrected chi connectivity index (χ0v) is 13.2. The summed E-state index contributed by atoms with van der Waals surface area (Å²) in [6.07, 6.45) is 1.75. The van der Waals surface area contributed by atoms with E-state index in [0.717, 1.165) is 37.1 Å². The number of nitrogens with one attached hydrogen (secondary N) is 2. The molecule has 7 heteroatoms. The maximum absolute atomic E-state index is 12.8. The van der Waals surface area contributed by atoms with Crippen molar-refractivity contribution < 1.29 is 17.6 Å². The summed E-state index contributed by atoms with van der Waals surface area (Å²) in [6.45, 7) is 5.33. The lowest BCUT2D eigenvalue weighted by molar-refractivity contribution is -0.123. The minimum Gasteiger partial charge on any atom is -0.352 e. The second kappa shape index (κ2) is 7.51. The Morgan fingerprint density at radius 2 is 1.81 bits per heavy atom. The molecule has 0 saturated carbocycles. The van der Waals surface area contributed by atoms with E-state index in [1.807, 2.05) is 13.8 Å². The molecule has 0 heterocycles. The van der Waals surface area contributed by atoms with Gasteiger partial charge in [-0.1, -0.05) is 13.3 Å². The molecule has 1 aromatic carbocycles. The Bertz CT molecular complexity index is 572. The quantitative estimate of drug-likeness (QED) is 0.805. The molecular weight excluding hydrogens is 295 g/mol. The molecule has 118 valence electrons. The van der Waals surface area contributed by atoms with Crippen molar-refractivity contribution in [1.29, 1.82) is 0 Å². The first-order valence-corrected chi connectivity index (χ1v) is 8.33. The number of hydrogen-bond donors (Lipinski definition) is 2. The summed E-state index contributed by atoms with van der Waals surface area (Å²) in [5.41, 5.74) is 0. The van der Waals surface area contributed by atoms with Crippen LogP contribution in [0.4, 0.5) is 4.39 Å². The molecule has 0 bridgehead atoms. The Labute approximate surface area is 125 Å². The number of carbonyl (C=O) groups excluding carboxylic acids is 1. The third-order valence-electron chi connectivity index (χ3n) is 2.96. The highest BCUT2D eigenvalue weighted by Gasteiger charge is 2.22. The number of carbonyl (C=O) groups is 1. The van der Waals surface area contributed by atoms with E-state index in [2.05, 4.69) is 10.0 Å². The van der Waals surface area contributed by atoms with Crippen molar-refractivity contribution >= 4 is 15.9 Å². The Morgan fingerprint density at radius 1 is 1.24 bits per heavy atom. The Morgan fingerprint density at radius 3 is 2.33 bits per heavy atom. The highest BCUT2D eigenvalue weighted by atomic mass is 32.2. The van der Waals surface area contributed by atoms with Crippen LogP contribution in [0.3, 0.4) is 0 Å². The molecule has 1 aromatic rings. The molecule has 21 heavy (non-hydrogen) atoms. The maximum atomic E-state index is 12.8. The molecule has 0 aliphatic heterocycles. The van der Waals surface area contributed by atoms with E-state index in [0.29, 0.717) is 0 Å². The monoisotopic (exact) mass is 316 g/mol. The summed E-state index contributed by atoms with van der Waals surface area (Å²) >= 11 is 0. The van der Waals surface area contributed by atoms with E-state index in [1.54, 1.807) is 0 Å². The van der Waals surface area contributed by atoms with Crippen LogP contribution in [-0.4, -0.2) is 26.4 Å². The predicted octanol–water partition coefficient (Wildman–Crippen LogP) is 1.80. The molecule has 0 radical (unpaired) electrons. The van der Waals surface area contributed by atoms with E-state index in [1.165, 1.54) is 6.92 Å². The van der Waals surface area contributed by atoms with Gasteiger partial charge >= 0.3 is 0 Å². The second-order valence-corrected chi connectivity index (χ2v) is 6.71. The predicted molar refractivity (Wildman–Crippen MR) is 78.7 cm³/mol. The van der Waals surface area contributed by atoms with E-state index in [-0.39, 0.29) is 16.8 Å². The van der Waals surface area contributed by atoms with Gasteiger partial charge in [0.15, 0.2) is 0 Å². The number of hydrogen-bond acceptors (Lipinski definition) is 3. The average Bonchev–Trinajstić information content (AvgIpc) is 2.38. The normalized spacial score (nSPS) is 14.5. The van der Waals surface area contributed by atoms with Gasteiger partial charge in [-0.15, -0.1) is 0 Å². The van der Waals surface area contributed by atoms with Gasteiger partial charge in [0.1, 0.15) is 5.82 Å². The molecule has 0 aromatic heterocycles. The van der Waals surface area contributed by atoms with Crippen molar-refractivity contribution in [2.24, 2.45) is 0 Å². The van der Waals surface area contributed by atoms with Crippen molar-refractivity contribution in [3.8, 4) is 0 Å². The first kappa shape index (κ1) is 17.6. The third-order valence-corrected chi connectivity index (χ3v) is 4.52. The SMILES string of the molecule is CCC[C@@H](C)NC(=O)[C@@H](C)NS(=O)(=O)c1ccc(F)cc1. The molecule has 2 atom stereocenters. The topological polar surface area (TPSA) is 75.3 Å². The standard InChI is InChI=1S/C14H21FN2O3S/c1-4-5-10(2)16-14(18)11(3)17-21(19,20)13-8-6-12(15)7-9-13/h6-11,17H,4-5H2,1-3H3,(H,16,18)/t10-,11-/m1/s1. The highest BCUT2D eigenvalue weighted by molar-refractivity contribution is 7.89. The van der Waals surface area contributed by atoms with E-state index < -0.39 is 21.9 Å². The van der Waals surface area contributed by atoms with Gasteiger partial charge in [0, 0.05) is 6.04 Å². The molecule has 0 aliphatic carbocycles. The molecule has 2 N–H and O–H groups in total. The zero-order valence-electron chi connectivity index (χ0n) is 12.4. The van der Waals surface area contributed by atoms with Crippen LogP contribution in [0, 0.1) is 5.82 Å². The summed E-state index contributed by atoms with van der Waals surface area (Å²) in [5.74, 6) is -0.908. The van der Waals surface area contributed by atoms with Gasteiger partial charge in [0.05, 0.1) is 10.9 Å². The number of benzene rings is 1. The molecule has 1 amide bonds. The van der Waals surface area contributed by atoms with Gasteiger partial charge in [-0.25, -0.2) is 12.8 Å². The van der Waals surface area contributed by atoms with Crippen molar-refractivity contribution in [1.82, 2.24) is 10.0 Å². The summed E-state index contributed by atoms with van der Waals surface area (Å²) in [7, 11) is -3.85. The lowest BCUT2D eigenvalue weighted by atomic mass is 10.2. The number of rotatable bonds is 7. The van der Waals surface area contributed by atoms with Crippen LogP contribution in [0.2, 0.25) is 0 Å². The van der Waals surface area contributed by atoms with Gasteiger partial charge < -0.3 is 5.32 Å². The smallest absolute Gasteiger partial charge is 0.241 e. The fourth-order valence-electron chi connectivity index (χ4n) is 1.84. The minimum atomic E-state index is -3.85. The minimum absolute atomic E-state index is 0.0136. The first-order valence-electron chi connectivity index (χ1n) is 6.84. The maximum Gasteiger partial charge on any atom is 0.241 e. The summed E-state index contributed by atoms with van der Waals surface area (Å²) < 4.78 is 39.2. The Hall–Kier alpha value is -1.47. The van der Waals surface area contributed by atoms with E-state index >= 15 is 0 Å². The van der Waals surface area contributed by atoms with Gasteiger partial charge in [0.25, 0.3) is 0 Å². The number of amides is 1.